The van der Waals surface area contributed by atoms with Gasteiger partial charge in [0.1, 0.15) is 0 Å². The first-order valence-corrected chi connectivity index (χ1v) is 6.54. The standard InChI is InChI=1S/C11H15O3.C5H5.Fe/c1-12-8-10-6-7-13-11(14-10)9-4-2-3-5-9;1-2-4-5-3-1;/h2-5,10-11H,6-8H2,1H3;1-5H;/q2*-1;+2. The van der Waals surface area contributed by atoms with Crippen molar-refractivity contribution in [3.63, 3.8) is 0 Å². The summed E-state index contributed by atoms with van der Waals surface area (Å²) in [6.07, 6.45) is 0.859. The summed E-state index contributed by atoms with van der Waals surface area (Å²) in [6, 6.07) is 18.0. The number of hydrogen-bond donors (Lipinski definition) is 0. The average Bonchev–Trinajstić information content (AvgIpc) is 3.16. The maximum absolute atomic E-state index is 5.72. The van der Waals surface area contributed by atoms with Gasteiger partial charge in [0, 0.05) is 7.11 Å². The Bertz CT molecular complexity index is 392. The van der Waals surface area contributed by atoms with Crippen LogP contribution in [-0.4, -0.2) is 26.4 Å². The molecular weight excluding hydrogens is 296 g/mol. The van der Waals surface area contributed by atoms with Crippen LogP contribution >= 0.6 is 0 Å². The van der Waals surface area contributed by atoms with Gasteiger partial charge in [0.25, 0.3) is 0 Å². The molecule has 2 atom stereocenters. The smallest absolute Gasteiger partial charge is 0.382 e. The van der Waals surface area contributed by atoms with Crippen molar-refractivity contribution in [2.45, 2.75) is 18.8 Å². The molecule has 3 nitrogen and oxygen atoms in total. The van der Waals surface area contributed by atoms with Gasteiger partial charge in [0.05, 0.1) is 19.3 Å². The predicted octanol–water partition coefficient (Wildman–Crippen LogP) is 3.26. The van der Waals surface area contributed by atoms with Crippen LogP contribution < -0.4 is 0 Å². The van der Waals surface area contributed by atoms with E-state index in [0.29, 0.717) is 6.61 Å². The number of ether oxygens (including phenoxy) is 3. The minimum Gasteiger partial charge on any atom is -0.382 e. The third-order valence-electron chi connectivity index (χ3n) is 2.89. The fourth-order valence-electron chi connectivity index (χ4n) is 1.94. The zero-order valence-corrected chi connectivity index (χ0v) is 12.7. The number of rotatable bonds is 3. The van der Waals surface area contributed by atoms with Crippen LogP contribution in [-0.2, 0) is 31.3 Å². The molecule has 4 heteroatoms. The molecule has 0 saturated carbocycles. The van der Waals surface area contributed by atoms with E-state index >= 15 is 0 Å². The second-order valence-electron chi connectivity index (χ2n) is 4.39. The Labute approximate surface area is 131 Å². The molecule has 2 unspecified atom stereocenters. The molecule has 1 heterocycles. The monoisotopic (exact) mass is 316 g/mol. The molecule has 0 N–H and O–H groups in total. The largest absolute Gasteiger partial charge is 2.00 e. The van der Waals surface area contributed by atoms with Gasteiger partial charge >= 0.3 is 17.1 Å². The molecule has 0 aromatic heterocycles. The summed E-state index contributed by atoms with van der Waals surface area (Å²) in [4.78, 5) is 0. The van der Waals surface area contributed by atoms with Crippen LogP contribution in [0.25, 0.3) is 0 Å². The predicted molar refractivity (Wildman–Crippen MR) is 74.1 cm³/mol. The zero-order chi connectivity index (χ0) is 13.3. The quantitative estimate of drug-likeness (QED) is 0.642. The van der Waals surface area contributed by atoms with Crippen LogP contribution in [0.15, 0.2) is 54.6 Å². The van der Waals surface area contributed by atoms with E-state index in [1.807, 2.05) is 54.6 Å². The van der Waals surface area contributed by atoms with Crippen molar-refractivity contribution in [1.29, 1.82) is 0 Å². The van der Waals surface area contributed by atoms with Gasteiger partial charge < -0.3 is 14.2 Å². The normalized spacial score (nSPS) is 21.4. The first kappa shape index (κ1) is 17.2. The van der Waals surface area contributed by atoms with Crippen molar-refractivity contribution >= 4 is 0 Å². The van der Waals surface area contributed by atoms with Crippen molar-refractivity contribution in [3.05, 3.63) is 60.2 Å². The fraction of sp³-hybridized carbons (Fsp3) is 0.375. The molecule has 0 radical (unpaired) electrons. The van der Waals surface area contributed by atoms with Gasteiger partial charge in [0.2, 0.25) is 0 Å². The molecule has 20 heavy (non-hydrogen) atoms. The van der Waals surface area contributed by atoms with E-state index in [-0.39, 0.29) is 29.5 Å². The molecule has 2 aromatic rings. The summed E-state index contributed by atoms with van der Waals surface area (Å²) in [5, 5.41) is 0. The van der Waals surface area contributed by atoms with E-state index < -0.39 is 0 Å². The third-order valence-corrected chi connectivity index (χ3v) is 2.89. The Kier molecular flexibility index (Phi) is 8.51. The van der Waals surface area contributed by atoms with Crippen molar-refractivity contribution in [2.75, 3.05) is 20.3 Å². The summed E-state index contributed by atoms with van der Waals surface area (Å²) >= 11 is 0. The maximum Gasteiger partial charge on any atom is 2.00 e. The summed E-state index contributed by atoms with van der Waals surface area (Å²) in [5.74, 6) is 0. The first-order chi connectivity index (χ1) is 9.40. The van der Waals surface area contributed by atoms with Gasteiger partial charge in [-0.15, -0.1) is 5.56 Å². The van der Waals surface area contributed by atoms with E-state index in [1.54, 1.807) is 7.11 Å². The van der Waals surface area contributed by atoms with E-state index in [2.05, 4.69) is 0 Å². The van der Waals surface area contributed by atoms with Gasteiger partial charge in [-0.25, -0.2) is 24.3 Å². The van der Waals surface area contributed by atoms with Crippen molar-refractivity contribution in [3.8, 4) is 0 Å². The van der Waals surface area contributed by atoms with Crippen LogP contribution in [0.4, 0.5) is 0 Å². The second kappa shape index (κ2) is 9.92. The van der Waals surface area contributed by atoms with Crippen molar-refractivity contribution in [1.82, 2.24) is 0 Å². The first-order valence-electron chi connectivity index (χ1n) is 6.54. The molecule has 2 aromatic carbocycles. The van der Waals surface area contributed by atoms with Crippen LogP contribution in [0.3, 0.4) is 0 Å². The molecule has 1 saturated heterocycles. The Balaban J connectivity index is 0.000000283. The van der Waals surface area contributed by atoms with E-state index in [0.717, 1.165) is 18.6 Å². The molecule has 0 bridgehead atoms. The van der Waals surface area contributed by atoms with Crippen LogP contribution in [0, 0.1) is 0 Å². The molecule has 0 aliphatic carbocycles. The molecule has 0 amide bonds. The van der Waals surface area contributed by atoms with Gasteiger partial charge in [-0.3, -0.25) is 0 Å². The molecule has 1 aliphatic rings. The van der Waals surface area contributed by atoms with E-state index in [9.17, 15) is 0 Å². The molecule has 1 aliphatic heterocycles. The van der Waals surface area contributed by atoms with Crippen molar-refractivity contribution in [2.24, 2.45) is 0 Å². The minimum atomic E-state index is -0.209. The second-order valence-corrected chi connectivity index (χ2v) is 4.39. The molecular formula is C16H20FeO3. The Morgan fingerprint density at radius 2 is 2.05 bits per heavy atom. The molecule has 0 spiro atoms. The maximum atomic E-state index is 5.72. The minimum absolute atomic E-state index is 0. The van der Waals surface area contributed by atoms with Crippen LogP contribution in [0.5, 0.6) is 0 Å². The summed E-state index contributed by atoms with van der Waals surface area (Å²) < 4.78 is 16.3. The van der Waals surface area contributed by atoms with Crippen molar-refractivity contribution < 1.29 is 31.3 Å². The van der Waals surface area contributed by atoms with Crippen LogP contribution in [0.1, 0.15) is 18.3 Å². The van der Waals surface area contributed by atoms with Gasteiger partial charge in [-0.05, 0) is 6.42 Å². The van der Waals surface area contributed by atoms with Crippen LogP contribution in [0.2, 0.25) is 0 Å². The summed E-state index contributed by atoms with van der Waals surface area (Å²) in [5.41, 5.74) is 1.09. The molecule has 3 rings (SSSR count). The fourth-order valence-corrected chi connectivity index (χ4v) is 1.94. The number of methoxy groups -OCH3 is 1. The van der Waals surface area contributed by atoms with E-state index in [4.69, 9.17) is 14.2 Å². The Hall–Kier alpha value is -0.901. The van der Waals surface area contributed by atoms with Gasteiger partial charge in [-0.2, -0.15) is 30.3 Å². The summed E-state index contributed by atoms with van der Waals surface area (Å²) in [6.45, 7) is 1.38. The zero-order valence-electron chi connectivity index (χ0n) is 11.6. The Morgan fingerprint density at radius 1 is 1.25 bits per heavy atom. The van der Waals surface area contributed by atoms with Gasteiger partial charge in [-0.1, -0.05) is 0 Å². The van der Waals surface area contributed by atoms with Gasteiger partial charge in [0.15, 0.2) is 6.29 Å². The SMILES string of the molecule is COCC1CCOC(c2ccc[cH-]2)O1.[Fe+2].c1cc[cH-]c1. The van der Waals surface area contributed by atoms with E-state index in [1.165, 1.54) is 0 Å². The number of hydrogen-bond acceptors (Lipinski definition) is 3. The molecule has 1 fully saturated rings. The summed E-state index contributed by atoms with van der Waals surface area (Å²) in [7, 11) is 1.69. The topological polar surface area (TPSA) is 27.7 Å². The molecule has 110 valence electrons. The Morgan fingerprint density at radius 3 is 2.60 bits per heavy atom. The third kappa shape index (κ3) is 5.61. The average molecular weight is 316 g/mol.